The number of imidazole rings is 1. The van der Waals surface area contributed by atoms with E-state index >= 15 is 0 Å². The lowest BCUT2D eigenvalue weighted by Gasteiger charge is -2.11. The molecule has 3 nitrogen and oxygen atoms in total. The van der Waals surface area contributed by atoms with E-state index in [4.69, 9.17) is 39.8 Å². The number of fused-ring (bicyclic) bond motifs is 1. The number of nitrogens with one attached hydrogen (secondary N) is 1. The maximum absolute atomic E-state index is 6.67. The molecule has 0 saturated carbocycles. The number of aromatic nitrogens is 3. The highest BCUT2D eigenvalue weighted by atomic mass is 35.5. The van der Waals surface area contributed by atoms with Gasteiger partial charge in [-0.2, -0.15) is 0 Å². The van der Waals surface area contributed by atoms with Crippen LogP contribution in [0, 0.1) is 0 Å². The molecule has 30 heavy (non-hydrogen) atoms. The molecule has 0 radical (unpaired) electrons. The maximum atomic E-state index is 6.67. The lowest BCUT2D eigenvalue weighted by atomic mass is 10.0. The van der Waals surface area contributed by atoms with Gasteiger partial charge in [0.15, 0.2) is 0 Å². The first-order chi connectivity index (χ1) is 14.6. The van der Waals surface area contributed by atoms with Crippen LogP contribution in [0.2, 0.25) is 15.3 Å². The van der Waals surface area contributed by atoms with Crippen molar-refractivity contribution >= 4 is 45.7 Å². The van der Waals surface area contributed by atoms with Gasteiger partial charge < -0.3 is 9.55 Å². The normalized spacial score (nSPS) is 11.3. The number of halogens is 3. The summed E-state index contributed by atoms with van der Waals surface area (Å²) >= 11 is 18.9. The predicted molar refractivity (Wildman–Crippen MR) is 126 cm³/mol. The second kappa shape index (κ2) is 7.84. The Hall–Kier alpha value is -2.72. The van der Waals surface area contributed by atoms with E-state index in [1.54, 1.807) is 0 Å². The van der Waals surface area contributed by atoms with Gasteiger partial charge in [0, 0.05) is 38.3 Å². The molecular formula is C24H16Cl3N3. The lowest BCUT2D eigenvalue weighted by molar-refractivity contribution is 0.806. The van der Waals surface area contributed by atoms with Crippen LogP contribution >= 0.6 is 34.8 Å². The third-order valence-corrected chi connectivity index (χ3v) is 5.90. The minimum Gasteiger partial charge on any atom is -0.360 e. The molecule has 148 valence electrons. The fraction of sp³-hybridized carbons (Fsp3) is 0.0417. The molecule has 6 heteroatoms. The summed E-state index contributed by atoms with van der Waals surface area (Å²) in [6.07, 6.45) is 1.99. The number of hydrogen-bond donors (Lipinski definition) is 1. The van der Waals surface area contributed by atoms with Crippen LogP contribution in [0.5, 0.6) is 0 Å². The minimum atomic E-state index is 0.433. The first-order valence-electron chi connectivity index (χ1n) is 9.43. The molecule has 0 aliphatic carbocycles. The summed E-state index contributed by atoms with van der Waals surface area (Å²) in [5.74, 6) is 0. The lowest BCUT2D eigenvalue weighted by Crippen LogP contribution is -2.02. The average molecular weight is 453 g/mol. The zero-order valence-corrected chi connectivity index (χ0v) is 18.0. The molecule has 0 bridgehead atoms. The van der Waals surface area contributed by atoms with Crippen LogP contribution in [0.4, 0.5) is 0 Å². The number of hydrogen-bond acceptors (Lipinski definition) is 1. The quantitative estimate of drug-likeness (QED) is 0.298. The first-order valence-corrected chi connectivity index (χ1v) is 10.6. The van der Waals surface area contributed by atoms with E-state index in [1.165, 1.54) is 0 Å². The second-order valence-corrected chi connectivity index (χ2v) is 8.26. The SMILES string of the molecule is Clc1ccc(Cn2c(Cl)nc(-c3ccccc3)c2-c2c[nH]c3cc(Cl)ccc23)cc1. The topological polar surface area (TPSA) is 33.6 Å². The van der Waals surface area contributed by atoms with Crippen molar-refractivity contribution in [3.8, 4) is 22.5 Å². The van der Waals surface area contributed by atoms with Crippen molar-refractivity contribution in [2.24, 2.45) is 0 Å². The molecule has 2 heterocycles. The molecule has 0 unspecified atom stereocenters. The predicted octanol–water partition coefficient (Wildman–Crippen LogP) is 7.71. The molecular weight excluding hydrogens is 437 g/mol. The van der Waals surface area contributed by atoms with Crippen LogP contribution in [0.15, 0.2) is 79.0 Å². The molecule has 0 saturated heterocycles. The highest BCUT2D eigenvalue weighted by molar-refractivity contribution is 6.31. The fourth-order valence-corrected chi connectivity index (χ4v) is 4.23. The molecule has 3 aromatic carbocycles. The van der Waals surface area contributed by atoms with Crippen LogP contribution < -0.4 is 0 Å². The summed E-state index contributed by atoms with van der Waals surface area (Å²) in [6.45, 7) is 0.575. The van der Waals surface area contributed by atoms with Gasteiger partial charge in [0.1, 0.15) is 0 Å². The second-order valence-electron chi connectivity index (χ2n) is 7.05. The smallest absolute Gasteiger partial charge is 0.204 e. The van der Waals surface area contributed by atoms with Crippen LogP contribution in [0.3, 0.4) is 0 Å². The van der Waals surface area contributed by atoms with Crippen molar-refractivity contribution in [3.63, 3.8) is 0 Å². The van der Waals surface area contributed by atoms with E-state index < -0.39 is 0 Å². The summed E-state index contributed by atoms with van der Waals surface area (Å²) in [7, 11) is 0. The number of rotatable bonds is 4. The monoisotopic (exact) mass is 451 g/mol. The van der Waals surface area contributed by atoms with Crippen molar-refractivity contribution in [1.29, 1.82) is 0 Å². The van der Waals surface area contributed by atoms with Gasteiger partial charge in [-0.3, -0.25) is 0 Å². The van der Waals surface area contributed by atoms with Crippen molar-refractivity contribution in [2.75, 3.05) is 0 Å². The average Bonchev–Trinajstić information content (AvgIpc) is 3.30. The zero-order chi connectivity index (χ0) is 20.7. The van der Waals surface area contributed by atoms with Gasteiger partial charge in [0.25, 0.3) is 0 Å². The molecule has 0 amide bonds. The van der Waals surface area contributed by atoms with Crippen LogP contribution in [-0.4, -0.2) is 14.5 Å². The molecule has 0 aliphatic rings. The van der Waals surface area contributed by atoms with Crippen molar-refractivity contribution < 1.29 is 0 Å². The van der Waals surface area contributed by atoms with E-state index in [-0.39, 0.29) is 0 Å². The minimum absolute atomic E-state index is 0.433. The molecule has 5 rings (SSSR count). The summed E-state index contributed by atoms with van der Waals surface area (Å²) in [4.78, 5) is 8.07. The van der Waals surface area contributed by atoms with Crippen molar-refractivity contribution in [1.82, 2.24) is 14.5 Å². The van der Waals surface area contributed by atoms with Crippen molar-refractivity contribution in [3.05, 3.63) is 99.9 Å². The largest absolute Gasteiger partial charge is 0.360 e. The highest BCUT2D eigenvalue weighted by Gasteiger charge is 2.22. The van der Waals surface area contributed by atoms with Crippen molar-refractivity contribution in [2.45, 2.75) is 6.54 Å². The summed E-state index contributed by atoms with van der Waals surface area (Å²) < 4.78 is 2.03. The Morgan fingerprint density at radius 2 is 1.57 bits per heavy atom. The molecule has 2 aromatic heterocycles. The Morgan fingerprint density at radius 1 is 0.833 bits per heavy atom. The molecule has 5 aromatic rings. The fourth-order valence-electron chi connectivity index (χ4n) is 3.71. The van der Waals surface area contributed by atoms with Gasteiger partial charge >= 0.3 is 0 Å². The van der Waals surface area contributed by atoms with E-state index in [0.717, 1.165) is 39.0 Å². The number of nitrogens with zero attached hydrogens (tertiary/aromatic N) is 2. The Morgan fingerprint density at radius 3 is 2.33 bits per heavy atom. The number of benzene rings is 3. The van der Waals surface area contributed by atoms with Gasteiger partial charge in [-0.1, -0.05) is 71.7 Å². The van der Waals surface area contributed by atoms with Gasteiger partial charge in [-0.15, -0.1) is 0 Å². The van der Waals surface area contributed by atoms with E-state index in [9.17, 15) is 0 Å². The Bertz CT molecular complexity index is 1340. The van der Waals surface area contributed by atoms with Crippen LogP contribution in [-0.2, 0) is 6.54 Å². The summed E-state index contributed by atoms with van der Waals surface area (Å²) in [6, 6.07) is 23.7. The Balaban J connectivity index is 1.74. The van der Waals surface area contributed by atoms with E-state index in [1.807, 2.05) is 83.6 Å². The Kier molecular flexibility index (Phi) is 5.03. The van der Waals surface area contributed by atoms with Gasteiger partial charge in [-0.05, 0) is 41.4 Å². The van der Waals surface area contributed by atoms with Gasteiger partial charge in [0.05, 0.1) is 17.9 Å². The standard InChI is InChI=1S/C24H16Cl3N3/c25-17-8-6-15(7-9-17)14-30-23(20-13-28-21-12-18(26)10-11-19(20)21)22(29-24(30)27)16-4-2-1-3-5-16/h1-13,28H,14H2. The molecule has 0 spiro atoms. The maximum Gasteiger partial charge on any atom is 0.204 e. The van der Waals surface area contributed by atoms with Crippen LogP contribution in [0.1, 0.15) is 5.56 Å². The Labute approximate surface area is 188 Å². The highest BCUT2D eigenvalue weighted by Crippen LogP contribution is 2.39. The number of aromatic amines is 1. The molecule has 1 N–H and O–H groups in total. The van der Waals surface area contributed by atoms with E-state index in [0.29, 0.717) is 21.9 Å². The van der Waals surface area contributed by atoms with Crippen LogP contribution in [0.25, 0.3) is 33.4 Å². The third kappa shape index (κ3) is 3.50. The first kappa shape index (κ1) is 19.3. The third-order valence-electron chi connectivity index (χ3n) is 5.12. The molecule has 0 atom stereocenters. The summed E-state index contributed by atoms with van der Waals surface area (Å²) in [5.41, 5.74) is 5.87. The number of H-pyrrole nitrogens is 1. The summed E-state index contributed by atoms with van der Waals surface area (Å²) in [5, 5.41) is 2.88. The van der Waals surface area contributed by atoms with Gasteiger partial charge in [-0.25, -0.2) is 4.98 Å². The van der Waals surface area contributed by atoms with Gasteiger partial charge in [0.2, 0.25) is 5.28 Å². The molecule has 0 fully saturated rings. The molecule has 0 aliphatic heterocycles. The zero-order valence-electron chi connectivity index (χ0n) is 15.7. The van der Waals surface area contributed by atoms with E-state index in [2.05, 4.69) is 4.98 Å².